The van der Waals surface area contributed by atoms with E-state index in [2.05, 4.69) is 88.5 Å². The quantitative estimate of drug-likeness (QED) is 0.759. The third-order valence-corrected chi connectivity index (χ3v) is 4.15. The summed E-state index contributed by atoms with van der Waals surface area (Å²) in [7, 11) is 0. The standard InChI is InChI=1S/C20H27N/c1-14(2)18-9-11-19(12-10-18)16(4)21-17(5)20-8-6-7-15(3)13-20/h6-14,16-17,21H,1-5H3/t16?,17-/m0/s1. The van der Waals surface area contributed by atoms with E-state index in [1.165, 1.54) is 22.3 Å². The zero-order chi connectivity index (χ0) is 15.4. The molecule has 0 fully saturated rings. The van der Waals surface area contributed by atoms with Gasteiger partial charge < -0.3 is 5.32 Å². The minimum Gasteiger partial charge on any atom is -0.304 e. The molecule has 112 valence electrons. The zero-order valence-electron chi connectivity index (χ0n) is 13.9. The van der Waals surface area contributed by atoms with E-state index in [9.17, 15) is 0 Å². The van der Waals surface area contributed by atoms with Crippen molar-refractivity contribution in [3.05, 3.63) is 70.8 Å². The maximum Gasteiger partial charge on any atom is 0.0297 e. The van der Waals surface area contributed by atoms with Crippen LogP contribution in [0.2, 0.25) is 0 Å². The summed E-state index contributed by atoms with van der Waals surface area (Å²) in [6.07, 6.45) is 0. The van der Waals surface area contributed by atoms with Gasteiger partial charge in [-0.15, -0.1) is 0 Å². The molecule has 2 aromatic rings. The van der Waals surface area contributed by atoms with Crippen molar-refractivity contribution in [2.45, 2.75) is 52.6 Å². The van der Waals surface area contributed by atoms with Gasteiger partial charge in [0.2, 0.25) is 0 Å². The number of aryl methyl sites for hydroxylation is 1. The van der Waals surface area contributed by atoms with Gasteiger partial charge in [-0.05, 0) is 43.4 Å². The van der Waals surface area contributed by atoms with Gasteiger partial charge in [0.05, 0.1) is 0 Å². The lowest BCUT2D eigenvalue weighted by Gasteiger charge is -2.21. The SMILES string of the molecule is Cc1cccc([C@H](C)NC(C)c2ccc(C(C)C)cc2)c1. The monoisotopic (exact) mass is 281 g/mol. The van der Waals surface area contributed by atoms with Crippen LogP contribution in [0.5, 0.6) is 0 Å². The van der Waals surface area contributed by atoms with Crippen molar-refractivity contribution in [1.29, 1.82) is 0 Å². The Hall–Kier alpha value is -1.60. The van der Waals surface area contributed by atoms with Gasteiger partial charge in [-0.1, -0.05) is 67.9 Å². The minimum absolute atomic E-state index is 0.349. The summed E-state index contributed by atoms with van der Waals surface area (Å²) < 4.78 is 0. The van der Waals surface area contributed by atoms with Crippen LogP contribution in [0.15, 0.2) is 48.5 Å². The molecule has 1 nitrogen and oxygen atoms in total. The van der Waals surface area contributed by atoms with Crippen molar-refractivity contribution in [2.75, 3.05) is 0 Å². The van der Waals surface area contributed by atoms with Crippen molar-refractivity contribution >= 4 is 0 Å². The minimum atomic E-state index is 0.349. The first-order valence-electron chi connectivity index (χ1n) is 7.90. The Balaban J connectivity index is 2.05. The van der Waals surface area contributed by atoms with Crippen molar-refractivity contribution in [3.63, 3.8) is 0 Å². The molecule has 0 spiro atoms. The molecule has 0 aliphatic carbocycles. The van der Waals surface area contributed by atoms with E-state index in [4.69, 9.17) is 0 Å². The maximum atomic E-state index is 3.69. The van der Waals surface area contributed by atoms with Gasteiger partial charge in [0.1, 0.15) is 0 Å². The van der Waals surface area contributed by atoms with Gasteiger partial charge in [0.15, 0.2) is 0 Å². The van der Waals surface area contributed by atoms with Crippen LogP contribution in [-0.2, 0) is 0 Å². The molecule has 0 radical (unpaired) electrons. The highest BCUT2D eigenvalue weighted by atomic mass is 14.9. The summed E-state index contributed by atoms with van der Waals surface area (Å²) in [5.74, 6) is 0.591. The molecule has 1 unspecified atom stereocenters. The van der Waals surface area contributed by atoms with Crippen molar-refractivity contribution in [3.8, 4) is 0 Å². The van der Waals surface area contributed by atoms with E-state index in [0.29, 0.717) is 18.0 Å². The van der Waals surface area contributed by atoms with E-state index in [-0.39, 0.29) is 0 Å². The Labute approximate surface area is 129 Å². The predicted octanol–water partition coefficient (Wildman–Crippen LogP) is 5.53. The average molecular weight is 281 g/mol. The molecule has 0 aliphatic heterocycles. The first kappa shape index (κ1) is 15.8. The Bertz CT molecular complexity index is 569. The molecule has 2 rings (SSSR count). The summed E-state index contributed by atoms with van der Waals surface area (Å²) in [4.78, 5) is 0. The highest BCUT2D eigenvalue weighted by Crippen LogP contribution is 2.22. The molecular weight excluding hydrogens is 254 g/mol. The summed E-state index contributed by atoms with van der Waals surface area (Å²) >= 11 is 0. The Kier molecular flexibility index (Phi) is 5.19. The lowest BCUT2D eigenvalue weighted by Crippen LogP contribution is -2.22. The number of hydrogen-bond donors (Lipinski definition) is 1. The van der Waals surface area contributed by atoms with Gasteiger partial charge >= 0.3 is 0 Å². The molecular formula is C20H27N. The lowest BCUT2D eigenvalue weighted by atomic mass is 9.98. The second-order valence-electron chi connectivity index (χ2n) is 6.35. The molecule has 0 aliphatic rings. The lowest BCUT2D eigenvalue weighted by molar-refractivity contribution is 0.494. The summed E-state index contributed by atoms with van der Waals surface area (Å²) in [6.45, 7) is 11.1. The summed E-state index contributed by atoms with van der Waals surface area (Å²) in [6, 6.07) is 18.4. The van der Waals surface area contributed by atoms with Gasteiger partial charge in [0, 0.05) is 12.1 Å². The average Bonchev–Trinajstić information content (AvgIpc) is 2.47. The molecule has 0 aromatic heterocycles. The fraction of sp³-hybridized carbons (Fsp3) is 0.400. The van der Waals surface area contributed by atoms with Gasteiger partial charge in [-0.25, -0.2) is 0 Å². The van der Waals surface area contributed by atoms with E-state index < -0.39 is 0 Å². The van der Waals surface area contributed by atoms with Crippen LogP contribution in [-0.4, -0.2) is 0 Å². The molecule has 2 atom stereocenters. The highest BCUT2D eigenvalue weighted by molar-refractivity contribution is 5.28. The highest BCUT2D eigenvalue weighted by Gasteiger charge is 2.11. The van der Waals surface area contributed by atoms with Gasteiger partial charge in [-0.2, -0.15) is 0 Å². The molecule has 0 amide bonds. The second kappa shape index (κ2) is 6.91. The number of benzene rings is 2. The van der Waals surface area contributed by atoms with Crippen LogP contribution >= 0.6 is 0 Å². The van der Waals surface area contributed by atoms with Crippen LogP contribution in [0.25, 0.3) is 0 Å². The predicted molar refractivity (Wildman–Crippen MR) is 91.7 cm³/mol. The third-order valence-electron chi connectivity index (χ3n) is 4.15. The van der Waals surface area contributed by atoms with Crippen LogP contribution in [0.1, 0.15) is 68.0 Å². The molecule has 2 aromatic carbocycles. The first-order chi connectivity index (χ1) is 9.97. The van der Waals surface area contributed by atoms with Crippen molar-refractivity contribution in [1.82, 2.24) is 5.32 Å². The van der Waals surface area contributed by atoms with Crippen LogP contribution < -0.4 is 5.32 Å². The Morgan fingerprint density at radius 2 is 1.29 bits per heavy atom. The fourth-order valence-electron chi connectivity index (χ4n) is 2.68. The maximum absolute atomic E-state index is 3.69. The number of nitrogens with one attached hydrogen (secondary N) is 1. The third kappa shape index (κ3) is 4.18. The molecule has 0 saturated carbocycles. The Morgan fingerprint density at radius 3 is 1.86 bits per heavy atom. The van der Waals surface area contributed by atoms with E-state index in [1.54, 1.807) is 0 Å². The van der Waals surface area contributed by atoms with Gasteiger partial charge in [0.25, 0.3) is 0 Å². The molecule has 1 heteroatoms. The first-order valence-corrected chi connectivity index (χ1v) is 7.90. The summed E-state index contributed by atoms with van der Waals surface area (Å²) in [5.41, 5.74) is 5.41. The van der Waals surface area contributed by atoms with Gasteiger partial charge in [-0.3, -0.25) is 0 Å². The number of rotatable bonds is 5. The largest absolute Gasteiger partial charge is 0.304 e. The number of hydrogen-bond acceptors (Lipinski definition) is 1. The topological polar surface area (TPSA) is 12.0 Å². The molecule has 21 heavy (non-hydrogen) atoms. The molecule has 1 N–H and O–H groups in total. The molecule has 0 heterocycles. The normalized spacial score (nSPS) is 14.2. The van der Waals surface area contributed by atoms with E-state index >= 15 is 0 Å². The molecule has 0 saturated heterocycles. The van der Waals surface area contributed by atoms with Crippen LogP contribution in [0, 0.1) is 6.92 Å². The van der Waals surface area contributed by atoms with E-state index in [0.717, 1.165) is 0 Å². The van der Waals surface area contributed by atoms with Crippen molar-refractivity contribution in [2.24, 2.45) is 0 Å². The molecule has 0 bridgehead atoms. The smallest absolute Gasteiger partial charge is 0.0297 e. The fourth-order valence-corrected chi connectivity index (χ4v) is 2.68. The second-order valence-corrected chi connectivity index (χ2v) is 6.35. The Morgan fingerprint density at radius 1 is 0.714 bits per heavy atom. The van der Waals surface area contributed by atoms with Crippen molar-refractivity contribution < 1.29 is 0 Å². The van der Waals surface area contributed by atoms with E-state index in [1.807, 2.05) is 0 Å². The zero-order valence-corrected chi connectivity index (χ0v) is 13.9. The van der Waals surface area contributed by atoms with Crippen LogP contribution in [0.3, 0.4) is 0 Å². The summed E-state index contributed by atoms with van der Waals surface area (Å²) in [5, 5.41) is 3.69. The van der Waals surface area contributed by atoms with Crippen LogP contribution in [0.4, 0.5) is 0 Å².